The van der Waals surface area contributed by atoms with Crippen LogP contribution in [0.2, 0.25) is 0 Å². The van der Waals surface area contributed by atoms with Crippen LogP contribution in [0.5, 0.6) is 0 Å². The van der Waals surface area contributed by atoms with Gasteiger partial charge in [-0.1, -0.05) is 6.07 Å². The monoisotopic (exact) mass is 376 g/mol. The van der Waals surface area contributed by atoms with Gasteiger partial charge in [0.1, 0.15) is 5.82 Å². The van der Waals surface area contributed by atoms with Gasteiger partial charge in [-0.3, -0.25) is 0 Å². The van der Waals surface area contributed by atoms with E-state index in [-0.39, 0.29) is 0 Å². The Morgan fingerprint density at radius 1 is 1.00 bits per heavy atom. The van der Waals surface area contributed by atoms with Crippen LogP contribution in [-0.2, 0) is 0 Å². The topological polar surface area (TPSA) is 49.6 Å². The van der Waals surface area contributed by atoms with Gasteiger partial charge < -0.3 is 14.2 Å². The molecule has 4 aromatic rings. The van der Waals surface area contributed by atoms with E-state index >= 15 is 0 Å². The fourth-order valence-corrected chi connectivity index (χ4v) is 4.35. The zero-order valence-corrected chi connectivity index (χ0v) is 15.9. The highest BCUT2D eigenvalue weighted by Crippen LogP contribution is 2.29. The van der Waals surface area contributed by atoms with Gasteiger partial charge in [0, 0.05) is 51.0 Å². The highest BCUT2D eigenvalue weighted by molar-refractivity contribution is 7.13. The molecule has 0 aromatic carbocycles. The van der Waals surface area contributed by atoms with Crippen LogP contribution in [-0.4, -0.2) is 45.5 Å². The number of pyridine rings is 1. The summed E-state index contributed by atoms with van der Waals surface area (Å²) in [5, 5.41) is 2.17. The number of nitrogens with zero attached hydrogens (tertiary/aromatic N) is 6. The van der Waals surface area contributed by atoms with Crippen LogP contribution in [0.3, 0.4) is 0 Å². The third-order valence-corrected chi connectivity index (χ3v) is 5.96. The maximum Gasteiger partial charge on any atom is 0.180 e. The molecule has 0 bridgehead atoms. The second kappa shape index (κ2) is 6.66. The number of piperazine rings is 1. The SMILES string of the molecule is Cc1csc(-c2cn3ccnc3c(N3CCN(c4ccccn4)CC3)n2)c1. The second-order valence-corrected chi connectivity index (χ2v) is 7.67. The average Bonchev–Trinajstić information content (AvgIpc) is 3.37. The normalized spacial score (nSPS) is 14.9. The Kier molecular flexibility index (Phi) is 4.01. The summed E-state index contributed by atoms with van der Waals surface area (Å²) in [6.45, 7) is 5.77. The summed E-state index contributed by atoms with van der Waals surface area (Å²) < 4.78 is 2.08. The standard InChI is InChI=1S/C20H20N6S/c1-15-12-17(27-14-15)16-13-26-7-6-22-19(26)20(23-16)25-10-8-24(9-11-25)18-4-2-3-5-21-18/h2-7,12-14H,8-11H2,1H3. The van der Waals surface area contributed by atoms with Gasteiger partial charge in [0.2, 0.25) is 0 Å². The molecule has 0 spiro atoms. The van der Waals surface area contributed by atoms with E-state index in [0.717, 1.165) is 49.2 Å². The minimum atomic E-state index is 0.902. The number of aromatic nitrogens is 4. The lowest BCUT2D eigenvalue weighted by atomic mass is 10.2. The van der Waals surface area contributed by atoms with E-state index in [0.29, 0.717) is 0 Å². The van der Waals surface area contributed by atoms with Gasteiger partial charge in [0.15, 0.2) is 11.5 Å². The van der Waals surface area contributed by atoms with Gasteiger partial charge in [-0.05, 0) is 36.1 Å². The second-order valence-electron chi connectivity index (χ2n) is 6.76. The van der Waals surface area contributed by atoms with Gasteiger partial charge in [-0.15, -0.1) is 11.3 Å². The Morgan fingerprint density at radius 3 is 2.59 bits per heavy atom. The first-order valence-corrected chi connectivity index (χ1v) is 9.96. The number of rotatable bonds is 3. The van der Waals surface area contributed by atoms with Crippen molar-refractivity contribution < 1.29 is 0 Å². The Morgan fingerprint density at radius 2 is 1.85 bits per heavy atom. The minimum absolute atomic E-state index is 0.902. The molecule has 1 aliphatic rings. The van der Waals surface area contributed by atoms with Gasteiger partial charge in [0.25, 0.3) is 0 Å². The predicted octanol–water partition coefficient (Wildman–Crippen LogP) is 3.49. The molecule has 0 amide bonds. The largest absolute Gasteiger partial charge is 0.353 e. The fraction of sp³-hybridized carbons (Fsp3) is 0.250. The Balaban J connectivity index is 1.45. The number of fused-ring (bicyclic) bond motifs is 1. The average molecular weight is 376 g/mol. The van der Waals surface area contributed by atoms with E-state index in [1.165, 1.54) is 10.4 Å². The highest BCUT2D eigenvalue weighted by atomic mass is 32.1. The van der Waals surface area contributed by atoms with Gasteiger partial charge >= 0.3 is 0 Å². The molecule has 0 unspecified atom stereocenters. The van der Waals surface area contributed by atoms with Crippen molar-refractivity contribution in [2.45, 2.75) is 6.92 Å². The fourth-order valence-electron chi connectivity index (χ4n) is 3.50. The molecule has 136 valence electrons. The molecule has 0 saturated carbocycles. The van der Waals surface area contributed by atoms with Crippen molar-refractivity contribution in [3.05, 3.63) is 60.0 Å². The summed E-state index contributed by atoms with van der Waals surface area (Å²) in [4.78, 5) is 19.9. The molecule has 5 rings (SSSR count). The minimum Gasteiger partial charge on any atom is -0.353 e. The third-order valence-electron chi connectivity index (χ3n) is 4.89. The third kappa shape index (κ3) is 3.04. The maximum atomic E-state index is 5.00. The first-order chi connectivity index (χ1) is 13.3. The molecule has 7 heteroatoms. The van der Waals surface area contributed by atoms with E-state index in [1.54, 1.807) is 11.3 Å². The zero-order chi connectivity index (χ0) is 18.2. The van der Waals surface area contributed by atoms with Gasteiger partial charge in [-0.2, -0.15) is 0 Å². The van der Waals surface area contributed by atoms with Crippen LogP contribution in [0, 0.1) is 6.92 Å². The lowest BCUT2D eigenvalue weighted by molar-refractivity contribution is 0.642. The zero-order valence-electron chi connectivity index (χ0n) is 15.1. The number of hydrogen-bond acceptors (Lipinski definition) is 6. The van der Waals surface area contributed by atoms with Crippen molar-refractivity contribution in [3.63, 3.8) is 0 Å². The van der Waals surface area contributed by atoms with Crippen molar-refractivity contribution in [2.75, 3.05) is 36.0 Å². The quantitative estimate of drug-likeness (QED) is 0.548. The highest BCUT2D eigenvalue weighted by Gasteiger charge is 2.22. The molecule has 6 nitrogen and oxygen atoms in total. The van der Waals surface area contributed by atoms with Crippen LogP contribution < -0.4 is 9.80 Å². The molecule has 1 saturated heterocycles. The van der Waals surface area contributed by atoms with Crippen molar-refractivity contribution in [1.82, 2.24) is 19.4 Å². The maximum absolute atomic E-state index is 5.00. The lowest BCUT2D eigenvalue weighted by Gasteiger charge is -2.36. The number of anilines is 2. The molecule has 0 radical (unpaired) electrons. The molecule has 5 heterocycles. The van der Waals surface area contributed by atoms with E-state index < -0.39 is 0 Å². The summed E-state index contributed by atoms with van der Waals surface area (Å²) in [5.41, 5.74) is 3.19. The molecule has 0 N–H and O–H groups in total. The molecular formula is C20H20N6S. The van der Waals surface area contributed by atoms with E-state index in [4.69, 9.17) is 4.98 Å². The molecular weight excluding hydrogens is 356 g/mol. The molecule has 27 heavy (non-hydrogen) atoms. The smallest absolute Gasteiger partial charge is 0.180 e. The molecule has 0 atom stereocenters. The molecule has 1 fully saturated rings. The first-order valence-electron chi connectivity index (χ1n) is 9.08. The van der Waals surface area contributed by atoms with Crippen LogP contribution in [0.4, 0.5) is 11.6 Å². The molecule has 0 aliphatic carbocycles. The number of thiophene rings is 1. The number of imidazole rings is 1. The van der Waals surface area contributed by atoms with Crippen molar-refractivity contribution >= 4 is 28.6 Å². The summed E-state index contributed by atoms with van der Waals surface area (Å²) >= 11 is 1.74. The predicted molar refractivity (Wildman–Crippen MR) is 110 cm³/mol. The molecule has 1 aliphatic heterocycles. The Bertz CT molecular complexity index is 1060. The Labute approximate surface area is 161 Å². The summed E-state index contributed by atoms with van der Waals surface area (Å²) in [6.07, 6.45) is 7.76. The van der Waals surface area contributed by atoms with Crippen LogP contribution in [0.15, 0.2) is 54.4 Å². The summed E-state index contributed by atoms with van der Waals surface area (Å²) in [5.74, 6) is 2.00. The van der Waals surface area contributed by atoms with Crippen LogP contribution in [0.1, 0.15) is 5.56 Å². The van der Waals surface area contributed by atoms with Crippen LogP contribution >= 0.6 is 11.3 Å². The number of hydrogen-bond donors (Lipinski definition) is 0. The van der Waals surface area contributed by atoms with E-state index in [1.807, 2.05) is 30.7 Å². The van der Waals surface area contributed by atoms with Crippen molar-refractivity contribution in [2.24, 2.45) is 0 Å². The van der Waals surface area contributed by atoms with E-state index in [9.17, 15) is 0 Å². The lowest BCUT2D eigenvalue weighted by Crippen LogP contribution is -2.47. The summed E-state index contributed by atoms with van der Waals surface area (Å²) in [7, 11) is 0. The summed E-state index contributed by atoms with van der Waals surface area (Å²) in [6, 6.07) is 8.26. The molecule has 4 aromatic heterocycles. The van der Waals surface area contributed by atoms with Crippen LogP contribution in [0.25, 0.3) is 16.2 Å². The first kappa shape index (κ1) is 16.3. The van der Waals surface area contributed by atoms with Crippen molar-refractivity contribution in [3.8, 4) is 10.6 Å². The number of aryl methyl sites for hydroxylation is 1. The Hall–Kier alpha value is -2.93. The van der Waals surface area contributed by atoms with Gasteiger partial charge in [0.05, 0.1) is 10.6 Å². The van der Waals surface area contributed by atoms with Gasteiger partial charge in [-0.25, -0.2) is 15.0 Å². The van der Waals surface area contributed by atoms with Crippen molar-refractivity contribution in [1.29, 1.82) is 0 Å². The van der Waals surface area contributed by atoms with E-state index in [2.05, 4.69) is 54.8 Å².